The second kappa shape index (κ2) is 4.92. The maximum absolute atomic E-state index is 12.3. The van der Waals surface area contributed by atoms with Crippen LogP contribution in [0.1, 0.15) is 5.69 Å². The van der Waals surface area contributed by atoms with Gasteiger partial charge in [-0.15, -0.1) is 0 Å². The normalized spacial score (nSPS) is 15.8. The molecule has 1 fully saturated rings. The lowest BCUT2D eigenvalue weighted by Gasteiger charge is -2.34. The van der Waals surface area contributed by atoms with Crippen molar-refractivity contribution in [3.05, 3.63) is 30.5 Å². The van der Waals surface area contributed by atoms with Gasteiger partial charge in [0.1, 0.15) is 12.1 Å². The van der Waals surface area contributed by atoms with Gasteiger partial charge in [0.2, 0.25) is 5.91 Å². The molecule has 7 heteroatoms. The molecule has 0 atom stereocenters. The fraction of sp³-hybridized carbons (Fsp3) is 0.385. The van der Waals surface area contributed by atoms with Crippen LogP contribution >= 0.6 is 0 Å². The van der Waals surface area contributed by atoms with Crippen molar-refractivity contribution in [2.75, 3.05) is 29.4 Å². The van der Waals surface area contributed by atoms with E-state index in [1.54, 1.807) is 15.8 Å². The minimum Gasteiger partial charge on any atom is -0.345 e. The van der Waals surface area contributed by atoms with Crippen molar-refractivity contribution >= 4 is 17.4 Å². The summed E-state index contributed by atoms with van der Waals surface area (Å²) in [4.78, 5) is 24.3. The molecule has 1 saturated heterocycles. The second-order valence-electron chi connectivity index (χ2n) is 4.86. The van der Waals surface area contributed by atoms with Gasteiger partial charge in [-0.3, -0.25) is 9.48 Å². The summed E-state index contributed by atoms with van der Waals surface area (Å²) < 4.78 is 1.70. The lowest BCUT2D eigenvalue weighted by molar-refractivity contribution is -0.117. The van der Waals surface area contributed by atoms with Crippen molar-refractivity contribution in [3.63, 3.8) is 0 Å². The summed E-state index contributed by atoms with van der Waals surface area (Å²) in [5, 5.41) is 4.10. The van der Waals surface area contributed by atoms with Gasteiger partial charge in [0, 0.05) is 38.1 Å². The summed E-state index contributed by atoms with van der Waals surface area (Å²) in [6.07, 6.45) is 5.09. The fourth-order valence-electron chi connectivity index (χ4n) is 2.30. The van der Waals surface area contributed by atoms with E-state index in [9.17, 15) is 4.79 Å². The van der Waals surface area contributed by atoms with Crippen LogP contribution in [0, 0.1) is 6.92 Å². The van der Waals surface area contributed by atoms with Crippen molar-refractivity contribution in [2.45, 2.75) is 6.92 Å². The topological polar surface area (TPSA) is 67.2 Å². The van der Waals surface area contributed by atoms with E-state index < -0.39 is 0 Å². The molecule has 0 saturated carbocycles. The highest BCUT2D eigenvalue weighted by Gasteiger charge is 2.26. The van der Waals surface area contributed by atoms with Gasteiger partial charge in [-0.05, 0) is 6.92 Å². The number of nitrogens with zero attached hydrogens (tertiary/aromatic N) is 6. The van der Waals surface area contributed by atoms with Crippen molar-refractivity contribution < 1.29 is 4.79 Å². The van der Waals surface area contributed by atoms with Gasteiger partial charge in [0.25, 0.3) is 0 Å². The summed E-state index contributed by atoms with van der Waals surface area (Å²) in [6.45, 7) is 3.62. The largest absolute Gasteiger partial charge is 0.345 e. The third-order valence-electron chi connectivity index (χ3n) is 3.34. The van der Waals surface area contributed by atoms with E-state index in [0.29, 0.717) is 13.1 Å². The molecule has 3 heterocycles. The molecule has 1 aliphatic heterocycles. The Bertz CT molecular complexity index is 637. The summed E-state index contributed by atoms with van der Waals surface area (Å²) in [5.74, 6) is 0.859. The number of hydrogen-bond acceptors (Lipinski definition) is 5. The highest BCUT2D eigenvalue weighted by Crippen LogP contribution is 2.19. The number of carbonyl (C=O) groups excluding carboxylic acids is 1. The number of aryl methyl sites for hydroxylation is 2. The average Bonchev–Trinajstić information content (AvgIpc) is 2.85. The van der Waals surface area contributed by atoms with Crippen LogP contribution in [-0.2, 0) is 11.8 Å². The summed E-state index contributed by atoms with van der Waals surface area (Å²) in [5.41, 5.74) is 1.74. The number of aromatic nitrogens is 4. The smallest absolute Gasteiger partial charge is 0.246 e. The van der Waals surface area contributed by atoms with E-state index in [1.165, 1.54) is 6.33 Å². The van der Waals surface area contributed by atoms with E-state index >= 15 is 0 Å². The Hall–Kier alpha value is -2.44. The van der Waals surface area contributed by atoms with Gasteiger partial charge in [0.15, 0.2) is 0 Å². The van der Waals surface area contributed by atoms with Gasteiger partial charge in [0.05, 0.1) is 18.4 Å². The molecule has 0 N–H and O–H groups in total. The number of amides is 1. The van der Waals surface area contributed by atoms with Crippen molar-refractivity contribution in [2.24, 2.45) is 7.05 Å². The van der Waals surface area contributed by atoms with Gasteiger partial charge in [-0.1, -0.05) is 0 Å². The molecule has 1 aliphatic rings. The molecular weight excluding hydrogens is 256 g/mol. The lowest BCUT2D eigenvalue weighted by Crippen LogP contribution is -2.50. The number of anilines is 2. The molecule has 2 aromatic heterocycles. The van der Waals surface area contributed by atoms with E-state index in [4.69, 9.17) is 0 Å². The zero-order chi connectivity index (χ0) is 14.1. The lowest BCUT2D eigenvalue weighted by atomic mass is 10.2. The fourth-order valence-corrected chi connectivity index (χ4v) is 2.30. The average molecular weight is 272 g/mol. The zero-order valence-electron chi connectivity index (χ0n) is 11.5. The quantitative estimate of drug-likeness (QED) is 0.790. The maximum Gasteiger partial charge on any atom is 0.246 e. The number of carbonyl (C=O) groups is 1. The molecule has 0 bridgehead atoms. The molecule has 3 rings (SSSR count). The van der Waals surface area contributed by atoms with Gasteiger partial charge in [-0.2, -0.15) is 5.10 Å². The molecule has 104 valence electrons. The third kappa shape index (κ3) is 2.34. The highest BCUT2D eigenvalue weighted by molar-refractivity contribution is 5.97. The van der Waals surface area contributed by atoms with Crippen LogP contribution in [-0.4, -0.2) is 45.3 Å². The molecule has 0 aromatic carbocycles. The molecule has 2 aromatic rings. The molecule has 20 heavy (non-hydrogen) atoms. The SMILES string of the molecule is Cc1cc(N2CCN(c3cnn(C)c3)C(=O)C2)ncn1. The molecule has 0 aliphatic carbocycles. The molecular formula is C13H16N6O. The van der Waals surface area contributed by atoms with Crippen molar-refractivity contribution in [1.29, 1.82) is 0 Å². The monoisotopic (exact) mass is 272 g/mol. The Morgan fingerprint density at radius 3 is 2.75 bits per heavy atom. The summed E-state index contributed by atoms with van der Waals surface area (Å²) >= 11 is 0. The van der Waals surface area contributed by atoms with Crippen LogP contribution in [0.15, 0.2) is 24.8 Å². The Balaban J connectivity index is 1.75. The van der Waals surface area contributed by atoms with E-state index in [2.05, 4.69) is 15.1 Å². The number of piperazine rings is 1. The first kappa shape index (κ1) is 12.6. The van der Waals surface area contributed by atoms with Crippen molar-refractivity contribution in [3.8, 4) is 0 Å². The standard InChI is InChI=1S/C13H16N6O/c1-10-5-12(15-9-14-10)18-3-4-19(13(20)8-18)11-6-16-17(2)7-11/h5-7,9H,3-4,8H2,1-2H3. The van der Waals surface area contributed by atoms with Crippen LogP contribution < -0.4 is 9.80 Å². The Morgan fingerprint density at radius 2 is 2.10 bits per heavy atom. The summed E-state index contributed by atoms with van der Waals surface area (Å²) in [7, 11) is 1.84. The van der Waals surface area contributed by atoms with E-state index in [0.717, 1.165) is 23.7 Å². The van der Waals surface area contributed by atoms with E-state index in [1.807, 2.05) is 31.1 Å². The number of rotatable bonds is 2. The van der Waals surface area contributed by atoms with Gasteiger partial charge < -0.3 is 9.80 Å². The van der Waals surface area contributed by atoms with Crippen LogP contribution in [0.3, 0.4) is 0 Å². The highest BCUT2D eigenvalue weighted by atomic mass is 16.2. The number of hydrogen-bond donors (Lipinski definition) is 0. The second-order valence-corrected chi connectivity index (χ2v) is 4.86. The minimum atomic E-state index is 0.0560. The van der Waals surface area contributed by atoms with Crippen LogP contribution in [0.25, 0.3) is 0 Å². The first-order valence-electron chi connectivity index (χ1n) is 6.46. The molecule has 1 amide bonds. The predicted octanol–water partition coefficient (Wildman–Crippen LogP) is 0.372. The minimum absolute atomic E-state index is 0.0560. The molecule has 0 radical (unpaired) electrons. The Labute approximate surface area is 116 Å². The molecule has 0 spiro atoms. The molecule has 0 unspecified atom stereocenters. The summed E-state index contributed by atoms with van der Waals surface area (Å²) in [6, 6.07) is 1.90. The molecule has 7 nitrogen and oxygen atoms in total. The van der Waals surface area contributed by atoms with Gasteiger partial charge in [-0.25, -0.2) is 9.97 Å². The van der Waals surface area contributed by atoms with Crippen LogP contribution in [0.4, 0.5) is 11.5 Å². The zero-order valence-corrected chi connectivity index (χ0v) is 11.5. The van der Waals surface area contributed by atoms with Crippen molar-refractivity contribution in [1.82, 2.24) is 19.7 Å². The maximum atomic E-state index is 12.3. The Morgan fingerprint density at radius 1 is 1.25 bits per heavy atom. The van der Waals surface area contributed by atoms with Crippen LogP contribution in [0.5, 0.6) is 0 Å². The predicted molar refractivity (Wildman–Crippen MR) is 74.5 cm³/mol. The Kier molecular flexibility index (Phi) is 3.09. The van der Waals surface area contributed by atoms with Crippen LogP contribution in [0.2, 0.25) is 0 Å². The van der Waals surface area contributed by atoms with Gasteiger partial charge >= 0.3 is 0 Å². The first-order valence-corrected chi connectivity index (χ1v) is 6.46. The first-order chi connectivity index (χ1) is 9.63. The van der Waals surface area contributed by atoms with E-state index in [-0.39, 0.29) is 5.91 Å². The third-order valence-corrected chi connectivity index (χ3v) is 3.34.